The van der Waals surface area contributed by atoms with Gasteiger partial charge in [0.05, 0.1) is 0 Å². The minimum absolute atomic E-state index is 0. The van der Waals surface area contributed by atoms with Crippen LogP contribution in [0.1, 0.15) is 80.1 Å². The Bertz CT molecular complexity index is 69.9. The van der Waals surface area contributed by atoms with E-state index >= 15 is 0 Å². The SMILES string of the molecule is [CH2-]C(C)C.[CH2-]C(C)C.[CH2-]CCCC.[CH2-]CCCC.[Mg+2].[Mg+2]. The summed E-state index contributed by atoms with van der Waals surface area (Å²) in [6.45, 7) is 27.2. The zero-order valence-electron chi connectivity index (χ0n) is 15.6. The Labute approximate surface area is 165 Å². The maximum absolute atomic E-state index is 3.68. The van der Waals surface area contributed by atoms with Gasteiger partial charge in [0, 0.05) is 0 Å². The molecule has 0 aromatic rings. The standard InChI is InChI=1S/2C5H11.2C4H9.2Mg/c2*1-3-5-4-2;2*1-4(2)3;;/h2*1,3-5H2,2H3;2*4H,1H2,2-3H3;;/q4*-1;2*+2. The van der Waals surface area contributed by atoms with Crippen molar-refractivity contribution in [3.63, 3.8) is 0 Å². The molecule has 0 bridgehead atoms. The van der Waals surface area contributed by atoms with Crippen LogP contribution in [0.4, 0.5) is 0 Å². The van der Waals surface area contributed by atoms with Gasteiger partial charge < -0.3 is 27.7 Å². The molecule has 0 aliphatic heterocycles. The van der Waals surface area contributed by atoms with E-state index < -0.39 is 0 Å². The summed E-state index contributed by atoms with van der Waals surface area (Å²) in [5.41, 5.74) is 0. The smallest absolute Gasteiger partial charge is 0.343 e. The van der Waals surface area contributed by atoms with Gasteiger partial charge in [-0.05, 0) is 0 Å². The van der Waals surface area contributed by atoms with E-state index in [1.165, 1.54) is 25.7 Å². The van der Waals surface area contributed by atoms with Crippen LogP contribution in [-0.4, -0.2) is 46.1 Å². The number of hydrogen-bond donors (Lipinski definition) is 0. The molecule has 0 N–H and O–H groups in total. The Hall–Kier alpha value is 1.53. The van der Waals surface area contributed by atoms with E-state index in [2.05, 4.69) is 69.2 Å². The van der Waals surface area contributed by atoms with E-state index in [0.29, 0.717) is 11.8 Å². The largest absolute Gasteiger partial charge is 2.00 e. The molecule has 0 nitrogen and oxygen atoms in total. The van der Waals surface area contributed by atoms with Crippen LogP contribution >= 0.6 is 0 Å². The zero-order valence-corrected chi connectivity index (χ0v) is 18.5. The Kier molecular flexibility index (Phi) is 80.5. The summed E-state index contributed by atoms with van der Waals surface area (Å²) in [4.78, 5) is 0. The van der Waals surface area contributed by atoms with Crippen molar-refractivity contribution >= 4 is 46.1 Å². The van der Waals surface area contributed by atoms with Crippen molar-refractivity contribution in [3.8, 4) is 0 Å². The van der Waals surface area contributed by atoms with Gasteiger partial charge in [0.1, 0.15) is 0 Å². The summed E-state index contributed by atoms with van der Waals surface area (Å²) in [6, 6.07) is 0. The molecule has 0 radical (unpaired) electrons. The van der Waals surface area contributed by atoms with Crippen LogP contribution < -0.4 is 0 Å². The van der Waals surface area contributed by atoms with Crippen LogP contribution in [0.5, 0.6) is 0 Å². The average molecular weight is 305 g/mol. The molecule has 0 aromatic carbocycles. The Morgan fingerprint density at radius 3 is 0.800 bits per heavy atom. The molecule has 20 heavy (non-hydrogen) atoms. The summed E-state index contributed by atoms with van der Waals surface area (Å²) < 4.78 is 0. The second kappa shape index (κ2) is 42.8. The first-order chi connectivity index (χ1) is 8.29. The number of unbranched alkanes of at least 4 members (excludes halogenated alkanes) is 4. The van der Waals surface area contributed by atoms with Crippen LogP contribution in [0.2, 0.25) is 0 Å². The molecule has 0 saturated carbocycles. The van der Waals surface area contributed by atoms with E-state index in [1.807, 2.05) is 0 Å². The summed E-state index contributed by atoms with van der Waals surface area (Å²) in [5.74, 6) is 1.17. The maximum atomic E-state index is 3.68. The molecule has 0 rings (SSSR count). The zero-order chi connectivity index (χ0) is 15.4. The maximum Gasteiger partial charge on any atom is 2.00 e. The fourth-order valence-corrected chi connectivity index (χ4v) is 0.500. The van der Waals surface area contributed by atoms with Gasteiger partial charge in [-0.25, -0.2) is 0 Å². The third kappa shape index (κ3) is 219. The average Bonchev–Trinajstić information content (AvgIpc) is 2.19. The minimum Gasteiger partial charge on any atom is -0.343 e. The summed E-state index contributed by atoms with van der Waals surface area (Å²) in [6.07, 6.45) is 7.31. The van der Waals surface area contributed by atoms with Gasteiger partial charge in [0.25, 0.3) is 0 Å². The van der Waals surface area contributed by atoms with Gasteiger partial charge in [-0.2, -0.15) is 24.7 Å². The molecule has 0 aromatic heterocycles. The normalized spacial score (nSPS) is 7.80. The van der Waals surface area contributed by atoms with Crippen molar-refractivity contribution in [1.82, 2.24) is 0 Å². The molecule has 0 amide bonds. The summed E-state index contributed by atoms with van der Waals surface area (Å²) >= 11 is 0. The van der Waals surface area contributed by atoms with Crippen molar-refractivity contribution < 1.29 is 0 Å². The molecule has 0 aliphatic rings. The van der Waals surface area contributed by atoms with E-state index in [4.69, 9.17) is 0 Å². The molecular weight excluding hydrogens is 265 g/mol. The van der Waals surface area contributed by atoms with Crippen LogP contribution in [0.15, 0.2) is 0 Å². The van der Waals surface area contributed by atoms with Gasteiger partial charge in [0.2, 0.25) is 0 Å². The molecule has 0 saturated heterocycles. The van der Waals surface area contributed by atoms with Crippen molar-refractivity contribution in [3.05, 3.63) is 27.7 Å². The first-order valence-electron chi connectivity index (χ1n) is 7.54. The quantitative estimate of drug-likeness (QED) is 0.427. The van der Waals surface area contributed by atoms with E-state index in [0.717, 1.165) is 12.8 Å². The first kappa shape index (κ1) is 37.6. The molecular formula is C18H40Mg2. The van der Waals surface area contributed by atoms with Gasteiger partial charge in [0.15, 0.2) is 0 Å². The molecule has 116 valence electrons. The van der Waals surface area contributed by atoms with Crippen LogP contribution in [0.25, 0.3) is 0 Å². The van der Waals surface area contributed by atoms with Crippen molar-refractivity contribution in [2.45, 2.75) is 80.1 Å². The van der Waals surface area contributed by atoms with Crippen LogP contribution in [-0.2, 0) is 0 Å². The minimum atomic E-state index is 0. The van der Waals surface area contributed by atoms with E-state index in [1.54, 1.807) is 0 Å². The molecule has 0 spiro atoms. The predicted octanol–water partition coefficient (Wildman–Crippen LogP) is 6.21. The Morgan fingerprint density at radius 1 is 0.650 bits per heavy atom. The Balaban J connectivity index is -0.0000000318. The summed E-state index contributed by atoms with van der Waals surface area (Å²) in [5, 5.41) is 0. The second-order valence-electron chi connectivity index (χ2n) is 5.20. The van der Waals surface area contributed by atoms with Gasteiger partial charge >= 0.3 is 46.1 Å². The topological polar surface area (TPSA) is 0 Å². The van der Waals surface area contributed by atoms with E-state index in [9.17, 15) is 0 Å². The molecule has 0 aliphatic carbocycles. The first-order valence-corrected chi connectivity index (χ1v) is 7.54. The number of hydrogen-bond acceptors (Lipinski definition) is 0. The van der Waals surface area contributed by atoms with Crippen LogP contribution in [0.3, 0.4) is 0 Å². The van der Waals surface area contributed by atoms with Gasteiger partial charge in [-0.3, -0.25) is 0 Å². The Morgan fingerprint density at radius 2 is 0.800 bits per heavy atom. The summed E-state index contributed by atoms with van der Waals surface area (Å²) in [7, 11) is 0. The van der Waals surface area contributed by atoms with Crippen molar-refractivity contribution in [2.75, 3.05) is 0 Å². The predicted molar refractivity (Wildman–Crippen MR) is 102 cm³/mol. The van der Waals surface area contributed by atoms with Crippen LogP contribution in [0, 0.1) is 39.5 Å². The van der Waals surface area contributed by atoms with Crippen molar-refractivity contribution in [2.24, 2.45) is 11.8 Å². The molecule has 0 heterocycles. The molecule has 2 heteroatoms. The third-order valence-electron chi connectivity index (χ3n) is 1.21. The fourth-order valence-electron chi connectivity index (χ4n) is 0.500. The number of rotatable bonds is 4. The molecule has 0 atom stereocenters. The van der Waals surface area contributed by atoms with Gasteiger partial charge in [-0.1, -0.05) is 67.2 Å². The fraction of sp³-hybridized carbons (Fsp3) is 0.778. The second-order valence-corrected chi connectivity index (χ2v) is 5.20. The third-order valence-corrected chi connectivity index (χ3v) is 1.21. The monoisotopic (exact) mass is 304 g/mol. The van der Waals surface area contributed by atoms with Gasteiger partial charge in [-0.15, -0.1) is 0 Å². The van der Waals surface area contributed by atoms with Crippen molar-refractivity contribution in [1.29, 1.82) is 0 Å². The molecule has 0 unspecified atom stereocenters. The van der Waals surface area contributed by atoms with E-state index in [-0.39, 0.29) is 46.1 Å². The molecule has 0 fully saturated rings.